The van der Waals surface area contributed by atoms with Crippen molar-refractivity contribution in [2.24, 2.45) is 0 Å². The molecule has 1 N–H and O–H groups in total. The quantitative estimate of drug-likeness (QED) is 0.587. The molecule has 0 saturated carbocycles. The van der Waals surface area contributed by atoms with E-state index in [1.807, 2.05) is 49.2 Å². The zero-order valence-electron chi connectivity index (χ0n) is 18.4. The van der Waals surface area contributed by atoms with Crippen LogP contribution in [0.5, 0.6) is 0 Å². The molecule has 0 bridgehead atoms. The number of carbonyl (C=O) groups excluding carboxylic acids is 1. The van der Waals surface area contributed by atoms with Gasteiger partial charge in [-0.15, -0.1) is 0 Å². The second kappa shape index (κ2) is 9.09. The van der Waals surface area contributed by atoms with Crippen LogP contribution in [0, 0.1) is 0 Å². The Labute approximate surface area is 190 Å². The average molecular weight is 455 g/mol. The number of nitrogens with zero attached hydrogens (tertiary/aromatic N) is 4. The number of hydrogen-bond donors (Lipinski definition) is 1. The predicted octanol–water partition coefficient (Wildman–Crippen LogP) is 5.21. The number of nitrogens with one attached hydrogen (secondary N) is 1. The van der Waals surface area contributed by atoms with Gasteiger partial charge >= 0.3 is 12.2 Å². The first kappa shape index (κ1) is 22.6. The molecular weight excluding hydrogens is 431 g/mol. The van der Waals surface area contributed by atoms with Crippen LogP contribution in [0.15, 0.2) is 54.6 Å². The minimum Gasteiger partial charge on any atom is -0.360 e. The summed E-state index contributed by atoms with van der Waals surface area (Å²) in [5.41, 5.74) is 2.26. The summed E-state index contributed by atoms with van der Waals surface area (Å²) >= 11 is 0. The van der Waals surface area contributed by atoms with E-state index in [9.17, 15) is 18.0 Å². The van der Waals surface area contributed by atoms with E-state index < -0.39 is 11.7 Å². The topological polar surface area (TPSA) is 61.4 Å². The lowest BCUT2D eigenvalue weighted by molar-refractivity contribution is -0.137. The maximum absolute atomic E-state index is 12.8. The van der Waals surface area contributed by atoms with Gasteiger partial charge in [0, 0.05) is 43.4 Å². The lowest BCUT2D eigenvalue weighted by atomic mass is 10.0. The Bertz CT molecular complexity index is 1130. The van der Waals surface area contributed by atoms with Crippen molar-refractivity contribution < 1.29 is 18.0 Å². The van der Waals surface area contributed by atoms with Crippen molar-refractivity contribution in [3.05, 3.63) is 71.4 Å². The zero-order chi connectivity index (χ0) is 23.6. The molecule has 1 aliphatic rings. The lowest BCUT2D eigenvalue weighted by Gasteiger charge is -2.31. The Morgan fingerprint density at radius 2 is 1.79 bits per heavy atom. The van der Waals surface area contributed by atoms with Gasteiger partial charge in [0.2, 0.25) is 0 Å². The van der Waals surface area contributed by atoms with Gasteiger partial charge in [0.05, 0.1) is 17.8 Å². The number of benzene rings is 2. The number of fused-ring (bicyclic) bond motifs is 1. The molecule has 2 aromatic carbocycles. The molecular formula is C24H24F3N5O. The van der Waals surface area contributed by atoms with Crippen LogP contribution in [-0.4, -0.2) is 41.0 Å². The van der Waals surface area contributed by atoms with Crippen LogP contribution in [-0.2, 0) is 19.1 Å². The summed E-state index contributed by atoms with van der Waals surface area (Å²) in [6.07, 6.45) is -3.86. The number of alkyl halides is 3. The van der Waals surface area contributed by atoms with Gasteiger partial charge in [-0.2, -0.15) is 13.2 Å². The van der Waals surface area contributed by atoms with Crippen molar-refractivity contribution in [3.63, 3.8) is 0 Å². The minimum absolute atomic E-state index is 0.306. The molecule has 6 nitrogen and oxygen atoms in total. The highest BCUT2D eigenvalue weighted by Gasteiger charge is 2.30. The summed E-state index contributed by atoms with van der Waals surface area (Å²) in [7, 11) is 1.94. The fourth-order valence-corrected chi connectivity index (χ4v) is 3.70. The first-order chi connectivity index (χ1) is 15.8. The van der Waals surface area contributed by atoms with Crippen LogP contribution < -0.4 is 10.2 Å². The molecule has 0 atom stereocenters. The van der Waals surface area contributed by atoms with E-state index >= 15 is 0 Å². The maximum atomic E-state index is 12.8. The highest BCUT2D eigenvalue weighted by Crippen LogP contribution is 2.31. The number of amides is 2. The van der Waals surface area contributed by atoms with Gasteiger partial charge < -0.3 is 15.1 Å². The van der Waals surface area contributed by atoms with E-state index in [1.165, 1.54) is 12.1 Å². The highest BCUT2D eigenvalue weighted by atomic mass is 19.4. The van der Waals surface area contributed by atoms with Crippen molar-refractivity contribution in [1.29, 1.82) is 0 Å². The van der Waals surface area contributed by atoms with Gasteiger partial charge in [0.1, 0.15) is 5.82 Å². The van der Waals surface area contributed by atoms with Crippen molar-refractivity contribution in [3.8, 4) is 11.4 Å². The Balaban J connectivity index is 1.56. The molecule has 0 fully saturated rings. The smallest absolute Gasteiger partial charge is 0.360 e. The van der Waals surface area contributed by atoms with Crippen molar-refractivity contribution >= 4 is 17.5 Å². The fourth-order valence-electron chi connectivity index (χ4n) is 3.70. The highest BCUT2D eigenvalue weighted by molar-refractivity contribution is 5.89. The van der Waals surface area contributed by atoms with Crippen molar-refractivity contribution in [2.45, 2.75) is 26.1 Å². The van der Waals surface area contributed by atoms with Crippen LogP contribution in [0.1, 0.15) is 23.7 Å². The third kappa shape index (κ3) is 4.92. The first-order valence-corrected chi connectivity index (χ1v) is 10.7. The van der Waals surface area contributed by atoms with Gasteiger partial charge in [-0.25, -0.2) is 14.8 Å². The molecule has 4 rings (SSSR count). The summed E-state index contributed by atoms with van der Waals surface area (Å²) < 4.78 is 38.3. The molecule has 33 heavy (non-hydrogen) atoms. The molecule has 2 amide bonds. The predicted molar refractivity (Wildman–Crippen MR) is 121 cm³/mol. The average Bonchev–Trinajstić information content (AvgIpc) is 2.82. The molecule has 1 aliphatic heterocycles. The standard InChI is InChI=1S/C24H24F3N5O/c1-3-31(2)22-19-15-32(23(33)28-18-11-9-17(10-12-18)24(25,26)27)14-13-20(19)29-21(30-22)16-7-5-4-6-8-16/h4-12H,3,13-15H2,1-2H3,(H,28,33). The molecule has 0 saturated heterocycles. The lowest BCUT2D eigenvalue weighted by Crippen LogP contribution is -2.40. The van der Waals surface area contributed by atoms with Crippen LogP contribution in [0.25, 0.3) is 11.4 Å². The Hall–Kier alpha value is -3.62. The number of halogens is 3. The summed E-state index contributed by atoms with van der Waals surface area (Å²) in [5, 5.41) is 2.69. The van der Waals surface area contributed by atoms with E-state index in [2.05, 4.69) is 5.32 Å². The van der Waals surface area contributed by atoms with Crippen LogP contribution in [0.2, 0.25) is 0 Å². The van der Waals surface area contributed by atoms with Gasteiger partial charge in [0.15, 0.2) is 5.82 Å². The van der Waals surface area contributed by atoms with E-state index in [0.29, 0.717) is 31.0 Å². The fraction of sp³-hybridized carbons (Fsp3) is 0.292. The Morgan fingerprint density at radius 3 is 2.42 bits per heavy atom. The molecule has 172 valence electrons. The van der Waals surface area contributed by atoms with Gasteiger partial charge in [-0.05, 0) is 31.2 Å². The monoisotopic (exact) mass is 455 g/mol. The maximum Gasteiger partial charge on any atom is 0.416 e. The summed E-state index contributed by atoms with van der Waals surface area (Å²) in [6.45, 7) is 3.51. The van der Waals surface area contributed by atoms with E-state index in [0.717, 1.165) is 41.3 Å². The number of rotatable bonds is 4. The summed E-state index contributed by atoms with van der Waals surface area (Å²) in [4.78, 5) is 26.0. The van der Waals surface area contributed by atoms with Crippen LogP contribution in [0.4, 0.5) is 29.5 Å². The Morgan fingerprint density at radius 1 is 1.09 bits per heavy atom. The SMILES string of the molecule is CCN(C)c1nc(-c2ccccc2)nc2c1CN(C(=O)Nc1ccc(C(F)(F)F)cc1)CC2. The summed E-state index contributed by atoms with van der Waals surface area (Å²) in [6, 6.07) is 13.8. The molecule has 0 unspecified atom stereocenters. The normalized spacial score (nSPS) is 13.4. The number of carbonyl (C=O) groups is 1. The van der Waals surface area contributed by atoms with E-state index in [1.54, 1.807) is 4.90 Å². The molecule has 0 spiro atoms. The van der Waals surface area contributed by atoms with Crippen LogP contribution in [0.3, 0.4) is 0 Å². The molecule has 3 aromatic rings. The van der Waals surface area contributed by atoms with Crippen molar-refractivity contribution in [1.82, 2.24) is 14.9 Å². The van der Waals surface area contributed by atoms with Gasteiger partial charge in [-0.3, -0.25) is 0 Å². The number of urea groups is 1. The first-order valence-electron chi connectivity index (χ1n) is 10.7. The second-order valence-corrected chi connectivity index (χ2v) is 7.85. The molecule has 9 heteroatoms. The molecule has 0 radical (unpaired) electrons. The van der Waals surface area contributed by atoms with Gasteiger partial charge in [-0.1, -0.05) is 30.3 Å². The summed E-state index contributed by atoms with van der Waals surface area (Å²) in [5.74, 6) is 1.42. The number of hydrogen-bond acceptors (Lipinski definition) is 4. The van der Waals surface area contributed by atoms with Crippen molar-refractivity contribution in [2.75, 3.05) is 30.4 Å². The minimum atomic E-state index is -4.42. The third-order valence-electron chi connectivity index (χ3n) is 5.66. The number of anilines is 2. The van der Waals surface area contributed by atoms with Crippen LogP contribution >= 0.6 is 0 Å². The molecule has 2 heterocycles. The zero-order valence-corrected chi connectivity index (χ0v) is 18.4. The Kier molecular flexibility index (Phi) is 6.22. The van der Waals surface area contributed by atoms with E-state index in [-0.39, 0.29) is 6.03 Å². The second-order valence-electron chi connectivity index (χ2n) is 7.85. The largest absolute Gasteiger partial charge is 0.416 e. The van der Waals surface area contributed by atoms with E-state index in [4.69, 9.17) is 9.97 Å². The third-order valence-corrected chi connectivity index (χ3v) is 5.66. The van der Waals surface area contributed by atoms with Gasteiger partial charge in [0.25, 0.3) is 0 Å². The molecule has 1 aromatic heterocycles. The number of aromatic nitrogens is 2. The molecule has 0 aliphatic carbocycles.